The Labute approximate surface area is 138 Å². The molecule has 1 heterocycles. The van der Waals surface area contributed by atoms with Crippen molar-refractivity contribution in [3.63, 3.8) is 0 Å². The number of hydrogen-bond acceptors (Lipinski definition) is 6. The molecule has 122 valence electrons. The first-order valence-electron chi connectivity index (χ1n) is 7.35. The second kappa shape index (κ2) is 6.74. The second-order valence-corrected chi connectivity index (χ2v) is 5.22. The minimum atomic E-state index is -0.295. The van der Waals surface area contributed by atoms with E-state index in [0.717, 1.165) is 0 Å². The van der Waals surface area contributed by atoms with E-state index in [-0.39, 0.29) is 19.0 Å². The molecular weight excluding hydrogens is 308 g/mol. The summed E-state index contributed by atoms with van der Waals surface area (Å²) in [6.07, 6.45) is 3.16. The molecular formula is C18H16N2O4. The number of aliphatic hydroxyl groups is 2. The van der Waals surface area contributed by atoms with E-state index >= 15 is 0 Å². The Hall–Kier alpha value is -2.83. The van der Waals surface area contributed by atoms with E-state index in [0.29, 0.717) is 39.0 Å². The molecule has 0 bridgehead atoms. The topological polar surface area (TPSA) is 92.5 Å². The van der Waals surface area contributed by atoms with Crippen LogP contribution in [0.25, 0.3) is 11.0 Å². The first-order chi connectivity index (χ1) is 11.7. The molecule has 3 rings (SSSR count). The molecule has 0 saturated heterocycles. The minimum absolute atomic E-state index is 0.222. The molecule has 6 nitrogen and oxygen atoms in total. The van der Waals surface area contributed by atoms with Gasteiger partial charge in [-0.15, -0.1) is 0 Å². The van der Waals surface area contributed by atoms with Crippen molar-refractivity contribution >= 4 is 16.8 Å². The fourth-order valence-electron chi connectivity index (χ4n) is 2.61. The van der Waals surface area contributed by atoms with Gasteiger partial charge in [0.05, 0.1) is 31.4 Å². The molecule has 6 heteroatoms. The Bertz CT molecular complexity index is 883. The lowest BCUT2D eigenvalue weighted by molar-refractivity contribution is 0.103. The molecule has 0 radical (unpaired) electrons. The van der Waals surface area contributed by atoms with Crippen LogP contribution in [-0.2, 0) is 13.2 Å². The molecule has 0 aliphatic heterocycles. The SMILES string of the molecule is COc1cc(C(=O)c2ccc3nccnc3c2)cc(CO)c1CO. The van der Waals surface area contributed by atoms with Gasteiger partial charge in [-0.1, -0.05) is 0 Å². The van der Waals surface area contributed by atoms with E-state index in [4.69, 9.17) is 4.74 Å². The average molecular weight is 324 g/mol. The number of ether oxygens (including phenoxy) is 1. The zero-order valence-electron chi connectivity index (χ0n) is 13.1. The quantitative estimate of drug-likeness (QED) is 0.696. The maximum Gasteiger partial charge on any atom is 0.193 e. The first kappa shape index (κ1) is 16.0. The molecule has 3 aromatic rings. The highest BCUT2D eigenvalue weighted by molar-refractivity contribution is 6.10. The van der Waals surface area contributed by atoms with Gasteiger partial charge in [0.2, 0.25) is 0 Å². The standard InChI is InChI=1S/C18H16N2O4/c1-24-17-8-12(6-13(9-21)14(17)10-22)18(23)11-2-3-15-16(7-11)20-5-4-19-15/h2-8,21-22H,9-10H2,1H3. The molecule has 0 spiro atoms. The van der Waals surface area contributed by atoms with E-state index in [1.807, 2.05) is 0 Å². The van der Waals surface area contributed by atoms with E-state index in [2.05, 4.69) is 9.97 Å². The number of nitrogens with zero attached hydrogens (tertiary/aromatic N) is 2. The molecule has 24 heavy (non-hydrogen) atoms. The number of aliphatic hydroxyl groups excluding tert-OH is 2. The number of carbonyl (C=O) groups is 1. The predicted octanol–water partition coefficient (Wildman–Crippen LogP) is 1.85. The van der Waals surface area contributed by atoms with E-state index in [1.165, 1.54) is 7.11 Å². The van der Waals surface area contributed by atoms with Crippen molar-refractivity contribution in [2.45, 2.75) is 13.2 Å². The number of fused-ring (bicyclic) bond motifs is 1. The normalized spacial score (nSPS) is 10.8. The third kappa shape index (κ3) is 2.84. The molecule has 0 saturated carbocycles. The van der Waals surface area contributed by atoms with Gasteiger partial charge in [0.25, 0.3) is 0 Å². The van der Waals surface area contributed by atoms with Crippen LogP contribution in [0.15, 0.2) is 42.7 Å². The largest absolute Gasteiger partial charge is 0.496 e. The number of ketones is 1. The van der Waals surface area contributed by atoms with Gasteiger partial charge in [-0.2, -0.15) is 0 Å². The van der Waals surface area contributed by atoms with Gasteiger partial charge in [0, 0.05) is 29.1 Å². The van der Waals surface area contributed by atoms with Crippen LogP contribution in [0.3, 0.4) is 0 Å². The number of aromatic nitrogens is 2. The number of rotatable bonds is 5. The van der Waals surface area contributed by atoms with Crippen LogP contribution in [0.5, 0.6) is 5.75 Å². The van der Waals surface area contributed by atoms with Crippen molar-refractivity contribution in [3.8, 4) is 5.75 Å². The van der Waals surface area contributed by atoms with E-state index in [9.17, 15) is 15.0 Å². The third-order valence-corrected chi connectivity index (χ3v) is 3.84. The minimum Gasteiger partial charge on any atom is -0.496 e. The molecule has 2 aromatic carbocycles. The molecule has 1 aromatic heterocycles. The van der Waals surface area contributed by atoms with Crippen molar-refractivity contribution in [1.82, 2.24) is 9.97 Å². The smallest absolute Gasteiger partial charge is 0.193 e. The van der Waals surface area contributed by atoms with Crippen molar-refractivity contribution in [1.29, 1.82) is 0 Å². The van der Waals surface area contributed by atoms with E-state index < -0.39 is 0 Å². The van der Waals surface area contributed by atoms with Crippen molar-refractivity contribution in [2.24, 2.45) is 0 Å². The van der Waals surface area contributed by atoms with Gasteiger partial charge in [0.15, 0.2) is 5.78 Å². The van der Waals surface area contributed by atoms with Crippen molar-refractivity contribution in [2.75, 3.05) is 7.11 Å². The number of methoxy groups -OCH3 is 1. The lowest BCUT2D eigenvalue weighted by Crippen LogP contribution is -2.06. The lowest BCUT2D eigenvalue weighted by atomic mass is 9.97. The summed E-state index contributed by atoms with van der Waals surface area (Å²) in [6, 6.07) is 8.23. The number of benzene rings is 2. The highest BCUT2D eigenvalue weighted by Gasteiger charge is 2.16. The monoisotopic (exact) mass is 324 g/mol. The second-order valence-electron chi connectivity index (χ2n) is 5.22. The summed E-state index contributed by atoms with van der Waals surface area (Å²) in [5.74, 6) is 0.146. The fourth-order valence-corrected chi connectivity index (χ4v) is 2.61. The molecule has 0 aliphatic rings. The highest BCUT2D eigenvalue weighted by atomic mass is 16.5. The molecule has 0 unspecified atom stereocenters. The zero-order valence-corrected chi connectivity index (χ0v) is 13.1. The fraction of sp³-hybridized carbons (Fsp3) is 0.167. The summed E-state index contributed by atoms with van der Waals surface area (Å²) in [5, 5.41) is 18.9. The molecule has 0 aliphatic carbocycles. The summed E-state index contributed by atoms with van der Waals surface area (Å²) in [5.41, 5.74) is 3.10. The summed E-state index contributed by atoms with van der Waals surface area (Å²) in [7, 11) is 1.45. The molecule has 0 atom stereocenters. The van der Waals surface area contributed by atoms with Crippen molar-refractivity contribution in [3.05, 3.63) is 65.0 Å². The first-order valence-corrected chi connectivity index (χ1v) is 7.35. The Kier molecular flexibility index (Phi) is 4.50. The Morgan fingerprint density at radius 1 is 1.00 bits per heavy atom. The zero-order chi connectivity index (χ0) is 17.1. The lowest BCUT2D eigenvalue weighted by Gasteiger charge is -2.13. The van der Waals surface area contributed by atoms with Crippen LogP contribution in [0.4, 0.5) is 0 Å². The van der Waals surface area contributed by atoms with Gasteiger partial charge < -0.3 is 14.9 Å². The number of carbonyl (C=O) groups excluding carboxylic acids is 1. The summed E-state index contributed by atoms with van der Waals surface area (Å²) >= 11 is 0. The van der Waals surface area contributed by atoms with Crippen LogP contribution in [0.2, 0.25) is 0 Å². The van der Waals surface area contributed by atoms with Gasteiger partial charge in [0.1, 0.15) is 5.75 Å². The predicted molar refractivity (Wildman–Crippen MR) is 87.8 cm³/mol. The number of hydrogen-bond donors (Lipinski definition) is 2. The summed E-state index contributed by atoms with van der Waals surface area (Å²) in [6.45, 7) is -0.574. The Morgan fingerprint density at radius 2 is 1.75 bits per heavy atom. The summed E-state index contributed by atoms with van der Waals surface area (Å²) in [4.78, 5) is 21.2. The van der Waals surface area contributed by atoms with E-state index in [1.54, 1.807) is 42.7 Å². The third-order valence-electron chi connectivity index (χ3n) is 3.84. The average Bonchev–Trinajstić information content (AvgIpc) is 2.65. The van der Waals surface area contributed by atoms with Gasteiger partial charge >= 0.3 is 0 Å². The van der Waals surface area contributed by atoms with Crippen LogP contribution in [0, 0.1) is 0 Å². The van der Waals surface area contributed by atoms with Crippen LogP contribution >= 0.6 is 0 Å². The van der Waals surface area contributed by atoms with Crippen LogP contribution < -0.4 is 4.74 Å². The Balaban J connectivity index is 2.08. The summed E-state index contributed by atoms with van der Waals surface area (Å²) < 4.78 is 5.23. The molecule has 0 amide bonds. The van der Waals surface area contributed by atoms with Gasteiger partial charge in [-0.3, -0.25) is 14.8 Å². The Morgan fingerprint density at radius 3 is 2.42 bits per heavy atom. The maximum atomic E-state index is 12.8. The van der Waals surface area contributed by atoms with Gasteiger partial charge in [-0.05, 0) is 35.9 Å². The molecule has 0 fully saturated rings. The van der Waals surface area contributed by atoms with Gasteiger partial charge in [-0.25, -0.2) is 0 Å². The maximum absolute atomic E-state index is 12.8. The van der Waals surface area contributed by atoms with Crippen LogP contribution in [-0.4, -0.2) is 33.1 Å². The van der Waals surface area contributed by atoms with Crippen molar-refractivity contribution < 1.29 is 19.7 Å². The highest BCUT2D eigenvalue weighted by Crippen LogP contribution is 2.27. The molecule has 2 N–H and O–H groups in total. The van der Waals surface area contributed by atoms with Crippen LogP contribution in [0.1, 0.15) is 27.0 Å².